The van der Waals surface area contributed by atoms with E-state index in [4.69, 9.17) is 16.9 Å². The molecular weight excluding hydrogens is 295 g/mol. The molecule has 0 aliphatic heterocycles. The van der Waals surface area contributed by atoms with E-state index in [1.807, 2.05) is 6.07 Å². The fraction of sp³-hybridized carbons (Fsp3) is 0. The van der Waals surface area contributed by atoms with Crippen molar-refractivity contribution in [3.63, 3.8) is 0 Å². The van der Waals surface area contributed by atoms with Crippen LogP contribution < -0.4 is 0 Å². The second-order valence-electron chi connectivity index (χ2n) is 4.02. The maximum Gasteiger partial charge on any atom is 0.255 e. The van der Waals surface area contributed by atoms with E-state index in [2.05, 4.69) is 20.1 Å². The molecular formula is C13H6ClFN6. The Labute approximate surface area is 123 Å². The number of hydrogen-bond acceptors (Lipinski definition) is 5. The number of aromatic nitrogens is 5. The van der Waals surface area contributed by atoms with Crippen LogP contribution >= 0.6 is 11.6 Å². The molecule has 0 atom stereocenters. The molecule has 0 amide bonds. The van der Waals surface area contributed by atoms with E-state index in [9.17, 15) is 4.39 Å². The summed E-state index contributed by atoms with van der Waals surface area (Å²) in [6.45, 7) is 0. The minimum atomic E-state index is -0.554. The molecule has 1 aromatic carbocycles. The lowest BCUT2D eigenvalue weighted by Gasteiger charge is -2.05. The summed E-state index contributed by atoms with van der Waals surface area (Å²) in [6, 6.07) is 7.40. The zero-order valence-corrected chi connectivity index (χ0v) is 11.2. The number of benzene rings is 1. The molecule has 0 saturated carbocycles. The topological polar surface area (TPSA) is 80.3 Å². The van der Waals surface area contributed by atoms with Crippen molar-refractivity contribution >= 4 is 11.6 Å². The van der Waals surface area contributed by atoms with Crippen molar-refractivity contribution < 1.29 is 4.39 Å². The number of nitrogens with zero attached hydrogens (tertiary/aromatic N) is 6. The van der Waals surface area contributed by atoms with Gasteiger partial charge in [0.05, 0.1) is 11.6 Å². The van der Waals surface area contributed by atoms with Crippen LogP contribution in [0, 0.1) is 17.1 Å². The van der Waals surface area contributed by atoms with Crippen molar-refractivity contribution in [3.05, 3.63) is 53.3 Å². The van der Waals surface area contributed by atoms with Gasteiger partial charge in [0.15, 0.2) is 5.82 Å². The van der Waals surface area contributed by atoms with Gasteiger partial charge in [0.2, 0.25) is 5.28 Å². The zero-order chi connectivity index (χ0) is 14.8. The van der Waals surface area contributed by atoms with Crippen LogP contribution in [0.25, 0.3) is 17.3 Å². The van der Waals surface area contributed by atoms with Crippen molar-refractivity contribution in [1.29, 1.82) is 5.26 Å². The highest BCUT2D eigenvalue weighted by molar-refractivity contribution is 6.28. The van der Waals surface area contributed by atoms with Gasteiger partial charge in [-0.1, -0.05) is 0 Å². The molecule has 3 rings (SSSR count). The Bertz CT molecular complexity index is 840. The Morgan fingerprint density at radius 3 is 2.76 bits per heavy atom. The molecule has 102 valence electrons. The molecule has 2 heterocycles. The molecule has 0 spiro atoms. The molecule has 2 aromatic heterocycles. The normalized spacial score (nSPS) is 10.3. The average Bonchev–Trinajstić information content (AvgIpc) is 3.00. The second-order valence-corrected chi connectivity index (χ2v) is 4.36. The first-order valence-electron chi connectivity index (χ1n) is 5.78. The van der Waals surface area contributed by atoms with Gasteiger partial charge in [-0.25, -0.2) is 9.07 Å². The summed E-state index contributed by atoms with van der Waals surface area (Å²) in [4.78, 5) is 12.1. The summed E-state index contributed by atoms with van der Waals surface area (Å²) in [6.07, 6.45) is 3.20. The van der Waals surface area contributed by atoms with Crippen molar-refractivity contribution in [2.24, 2.45) is 0 Å². The van der Waals surface area contributed by atoms with Crippen molar-refractivity contribution in [3.8, 4) is 23.4 Å². The molecule has 0 fully saturated rings. The number of rotatable bonds is 2. The first-order chi connectivity index (χ1) is 10.2. The average molecular weight is 301 g/mol. The summed E-state index contributed by atoms with van der Waals surface area (Å²) in [7, 11) is 0. The maximum atomic E-state index is 13.5. The monoisotopic (exact) mass is 300 g/mol. The third-order valence-electron chi connectivity index (χ3n) is 2.59. The molecule has 0 radical (unpaired) electrons. The van der Waals surface area contributed by atoms with Crippen LogP contribution in [0.4, 0.5) is 4.39 Å². The van der Waals surface area contributed by atoms with Gasteiger partial charge in [-0.2, -0.15) is 25.3 Å². The van der Waals surface area contributed by atoms with Crippen LogP contribution in [-0.2, 0) is 0 Å². The van der Waals surface area contributed by atoms with Gasteiger partial charge in [0, 0.05) is 18.0 Å². The highest BCUT2D eigenvalue weighted by Gasteiger charge is 2.11. The molecule has 3 aromatic rings. The smallest absolute Gasteiger partial charge is 0.207 e. The fourth-order valence-corrected chi connectivity index (χ4v) is 1.90. The Kier molecular flexibility index (Phi) is 3.30. The Balaban J connectivity index is 2.15. The summed E-state index contributed by atoms with van der Waals surface area (Å²) in [5, 5.41) is 12.8. The number of nitriles is 1. The molecule has 0 unspecified atom stereocenters. The molecule has 0 aliphatic carbocycles. The fourth-order valence-electron chi connectivity index (χ4n) is 1.74. The van der Waals surface area contributed by atoms with Crippen molar-refractivity contribution in [2.45, 2.75) is 0 Å². The van der Waals surface area contributed by atoms with Crippen molar-refractivity contribution in [1.82, 2.24) is 24.7 Å². The van der Waals surface area contributed by atoms with Gasteiger partial charge in [-0.15, -0.1) is 0 Å². The summed E-state index contributed by atoms with van der Waals surface area (Å²) in [5.74, 6) is -0.185. The number of hydrogen-bond donors (Lipinski definition) is 0. The lowest BCUT2D eigenvalue weighted by Crippen LogP contribution is -2.05. The second kappa shape index (κ2) is 5.26. The Morgan fingerprint density at radius 1 is 1.19 bits per heavy atom. The van der Waals surface area contributed by atoms with Crippen LogP contribution in [0.2, 0.25) is 5.28 Å². The van der Waals surface area contributed by atoms with E-state index in [-0.39, 0.29) is 22.6 Å². The highest BCUT2D eigenvalue weighted by Crippen LogP contribution is 2.20. The van der Waals surface area contributed by atoms with Gasteiger partial charge in [0.25, 0.3) is 5.95 Å². The predicted molar refractivity (Wildman–Crippen MR) is 72.1 cm³/mol. The van der Waals surface area contributed by atoms with Gasteiger partial charge in [-0.3, -0.25) is 0 Å². The van der Waals surface area contributed by atoms with Crippen LogP contribution in [0.1, 0.15) is 5.56 Å². The summed E-state index contributed by atoms with van der Waals surface area (Å²) in [5.41, 5.74) is 0.506. The minimum Gasteiger partial charge on any atom is -0.207 e. The van der Waals surface area contributed by atoms with E-state index in [0.29, 0.717) is 5.56 Å². The first kappa shape index (κ1) is 13.1. The molecule has 0 N–H and O–H groups in total. The maximum absolute atomic E-state index is 13.5. The Morgan fingerprint density at radius 2 is 2.05 bits per heavy atom. The van der Waals surface area contributed by atoms with E-state index >= 15 is 0 Å². The molecule has 21 heavy (non-hydrogen) atoms. The standard InChI is InChI=1S/C13H6ClFN6/c14-12-18-11(9-4-8(7-16)5-10(15)6-9)19-13(20-12)21-3-1-2-17-21/h1-6H. The molecule has 0 saturated heterocycles. The van der Waals surface area contributed by atoms with Crippen LogP contribution in [0.3, 0.4) is 0 Å². The van der Waals surface area contributed by atoms with Gasteiger partial charge >= 0.3 is 0 Å². The zero-order valence-electron chi connectivity index (χ0n) is 10.4. The lowest BCUT2D eigenvalue weighted by molar-refractivity contribution is 0.627. The lowest BCUT2D eigenvalue weighted by atomic mass is 10.1. The minimum absolute atomic E-state index is 0.0479. The van der Waals surface area contributed by atoms with E-state index < -0.39 is 5.82 Å². The van der Waals surface area contributed by atoms with E-state index in [1.165, 1.54) is 16.8 Å². The summed E-state index contributed by atoms with van der Waals surface area (Å²) >= 11 is 5.87. The third kappa shape index (κ3) is 2.70. The van der Waals surface area contributed by atoms with E-state index in [0.717, 1.165) is 6.07 Å². The van der Waals surface area contributed by atoms with Crippen LogP contribution in [-0.4, -0.2) is 24.7 Å². The van der Waals surface area contributed by atoms with Gasteiger partial charge in [-0.05, 0) is 35.9 Å². The number of halogens is 2. The van der Waals surface area contributed by atoms with Gasteiger partial charge in [0.1, 0.15) is 5.82 Å². The molecule has 0 bridgehead atoms. The van der Waals surface area contributed by atoms with Crippen molar-refractivity contribution in [2.75, 3.05) is 0 Å². The van der Waals surface area contributed by atoms with E-state index in [1.54, 1.807) is 18.5 Å². The van der Waals surface area contributed by atoms with Gasteiger partial charge < -0.3 is 0 Å². The quantitative estimate of drug-likeness (QED) is 0.726. The SMILES string of the molecule is N#Cc1cc(F)cc(-c2nc(Cl)nc(-n3cccn3)n2)c1. The molecule has 8 heteroatoms. The van der Waals surface area contributed by atoms with Crippen LogP contribution in [0.5, 0.6) is 0 Å². The largest absolute Gasteiger partial charge is 0.255 e. The van der Waals surface area contributed by atoms with Crippen LogP contribution in [0.15, 0.2) is 36.7 Å². The predicted octanol–water partition coefficient (Wildman–Crippen LogP) is 2.39. The third-order valence-corrected chi connectivity index (χ3v) is 2.76. The molecule has 6 nitrogen and oxygen atoms in total. The highest BCUT2D eigenvalue weighted by atomic mass is 35.5. The Hall–Kier alpha value is -2.85. The first-order valence-corrected chi connectivity index (χ1v) is 6.16. The molecule has 0 aliphatic rings. The summed E-state index contributed by atoms with van der Waals surface area (Å²) < 4.78 is 14.9.